The van der Waals surface area contributed by atoms with E-state index in [-0.39, 0.29) is 5.75 Å². The fraction of sp³-hybridized carbons (Fsp3) is 1.00. The SMILES string of the molecule is CCCNCCCS(=O)(=O)N(CCOC)CCOC. The Hall–Kier alpha value is -0.210. The third-order valence-electron chi connectivity index (χ3n) is 2.67. The Morgan fingerprint density at radius 2 is 1.63 bits per heavy atom. The molecule has 0 aromatic heterocycles. The zero-order chi connectivity index (χ0) is 14.6. The zero-order valence-electron chi connectivity index (χ0n) is 12.4. The van der Waals surface area contributed by atoms with Gasteiger partial charge in [0, 0.05) is 27.3 Å². The maximum atomic E-state index is 12.2. The molecule has 0 aliphatic heterocycles. The van der Waals surface area contributed by atoms with Crippen LogP contribution in [0.5, 0.6) is 0 Å². The molecule has 7 heteroatoms. The molecule has 116 valence electrons. The third-order valence-corrected chi connectivity index (χ3v) is 4.62. The van der Waals surface area contributed by atoms with Gasteiger partial charge in [0.1, 0.15) is 0 Å². The fourth-order valence-corrected chi connectivity index (χ4v) is 3.06. The fourth-order valence-electron chi connectivity index (χ4n) is 1.59. The van der Waals surface area contributed by atoms with Crippen LogP contribution in [0.25, 0.3) is 0 Å². The molecule has 1 N–H and O–H groups in total. The first-order valence-corrected chi connectivity index (χ1v) is 8.35. The summed E-state index contributed by atoms with van der Waals surface area (Å²) < 4.78 is 35.7. The molecule has 0 aromatic carbocycles. The number of nitrogens with zero attached hydrogens (tertiary/aromatic N) is 1. The van der Waals surface area contributed by atoms with E-state index in [0.717, 1.165) is 19.5 Å². The molecule has 0 saturated heterocycles. The minimum Gasteiger partial charge on any atom is -0.383 e. The Balaban J connectivity index is 4.18. The molecule has 0 atom stereocenters. The van der Waals surface area contributed by atoms with Crippen molar-refractivity contribution in [2.24, 2.45) is 0 Å². The van der Waals surface area contributed by atoms with E-state index < -0.39 is 10.0 Å². The minimum atomic E-state index is -3.22. The van der Waals surface area contributed by atoms with Gasteiger partial charge in [-0.15, -0.1) is 0 Å². The molecule has 0 spiro atoms. The molecule has 0 amide bonds. The molecule has 0 rings (SSSR count). The van der Waals surface area contributed by atoms with Gasteiger partial charge in [-0.2, -0.15) is 4.31 Å². The van der Waals surface area contributed by atoms with Crippen molar-refractivity contribution >= 4 is 10.0 Å². The second-order valence-corrected chi connectivity index (χ2v) is 6.39. The van der Waals surface area contributed by atoms with Gasteiger partial charge in [-0.25, -0.2) is 8.42 Å². The highest BCUT2D eigenvalue weighted by Crippen LogP contribution is 2.03. The molecule has 0 saturated carbocycles. The quantitative estimate of drug-likeness (QED) is 0.495. The summed E-state index contributed by atoms with van der Waals surface area (Å²) in [5, 5.41) is 3.20. The van der Waals surface area contributed by atoms with Crippen molar-refractivity contribution < 1.29 is 17.9 Å². The van der Waals surface area contributed by atoms with Crippen LogP contribution in [-0.4, -0.2) is 72.1 Å². The van der Waals surface area contributed by atoms with Crippen LogP contribution in [0, 0.1) is 0 Å². The van der Waals surface area contributed by atoms with Crippen LogP contribution in [0.2, 0.25) is 0 Å². The summed E-state index contributed by atoms with van der Waals surface area (Å²) in [5.74, 6) is 0.164. The van der Waals surface area contributed by atoms with Crippen molar-refractivity contribution in [2.45, 2.75) is 19.8 Å². The molecule has 0 bridgehead atoms. The molecule has 6 nitrogen and oxygen atoms in total. The normalized spacial score (nSPS) is 12.2. The van der Waals surface area contributed by atoms with Crippen molar-refractivity contribution in [3.05, 3.63) is 0 Å². The zero-order valence-corrected chi connectivity index (χ0v) is 13.2. The number of hydrogen-bond donors (Lipinski definition) is 1. The maximum absolute atomic E-state index is 12.2. The highest BCUT2D eigenvalue weighted by atomic mass is 32.2. The number of nitrogens with one attached hydrogen (secondary N) is 1. The number of sulfonamides is 1. The Morgan fingerprint density at radius 1 is 1.05 bits per heavy atom. The van der Waals surface area contributed by atoms with Crippen LogP contribution in [0.3, 0.4) is 0 Å². The van der Waals surface area contributed by atoms with Crippen LogP contribution < -0.4 is 5.32 Å². The standard InChI is InChI=1S/C12H28N2O4S/c1-4-6-13-7-5-12-19(15,16)14(8-10-17-2)9-11-18-3/h13H,4-12H2,1-3H3. The summed E-state index contributed by atoms with van der Waals surface area (Å²) in [6.45, 7) is 5.30. The van der Waals surface area contributed by atoms with Crippen LogP contribution in [0.1, 0.15) is 19.8 Å². The average Bonchev–Trinajstić information content (AvgIpc) is 2.38. The molecule has 0 aliphatic rings. The van der Waals surface area contributed by atoms with Crippen molar-refractivity contribution in [1.82, 2.24) is 9.62 Å². The maximum Gasteiger partial charge on any atom is 0.214 e. The highest BCUT2D eigenvalue weighted by Gasteiger charge is 2.20. The van der Waals surface area contributed by atoms with Gasteiger partial charge >= 0.3 is 0 Å². The van der Waals surface area contributed by atoms with Crippen LogP contribution in [-0.2, 0) is 19.5 Å². The van der Waals surface area contributed by atoms with Crippen LogP contribution in [0.4, 0.5) is 0 Å². The first-order chi connectivity index (χ1) is 9.08. The summed E-state index contributed by atoms with van der Waals surface area (Å²) in [6.07, 6.45) is 1.68. The van der Waals surface area contributed by atoms with Crippen molar-refractivity contribution in [2.75, 3.05) is 59.4 Å². The second-order valence-electron chi connectivity index (χ2n) is 4.30. The van der Waals surface area contributed by atoms with Gasteiger partial charge in [0.05, 0.1) is 19.0 Å². The van der Waals surface area contributed by atoms with Crippen LogP contribution >= 0.6 is 0 Å². The lowest BCUT2D eigenvalue weighted by Gasteiger charge is -2.21. The first-order valence-electron chi connectivity index (χ1n) is 6.75. The van der Waals surface area contributed by atoms with E-state index >= 15 is 0 Å². The van der Waals surface area contributed by atoms with E-state index in [1.807, 2.05) is 0 Å². The van der Waals surface area contributed by atoms with E-state index in [1.165, 1.54) is 4.31 Å². The Morgan fingerprint density at radius 3 is 2.11 bits per heavy atom. The van der Waals surface area contributed by atoms with Gasteiger partial charge in [-0.05, 0) is 25.9 Å². The van der Waals surface area contributed by atoms with Gasteiger partial charge in [0.2, 0.25) is 10.0 Å². The molecule has 0 fully saturated rings. The largest absolute Gasteiger partial charge is 0.383 e. The van der Waals surface area contributed by atoms with Gasteiger partial charge in [0.25, 0.3) is 0 Å². The summed E-state index contributed by atoms with van der Waals surface area (Å²) >= 11 is 0. The van der Waals surface area contributed by atoms with Gasteiger partial charge in [-0.1, -0.05) is 6.92 Å². The number of hydrogen-bond acceptors (Lipinski definition) is 5. The molecule has 0 unspecified atom stereocenters. The predicted molar refractivity (Wildman–Crippen MR) is 76.9 cm³/mol. The topological polar surface area (TPSA) is 67.9 Å². The molecule has 19 heavy (non-hydrogen) atoms. The summed E-state index contributed by atoms with van der Waals surface area (Å²) in [5.41, 5.74) is 0. The third kappa shape index (κ3) is 9.34. The van der Waals surface area contributed by atoms with Crippen molar-refractivity contribution in [1.29, 1.82) is 0 Å². The smallest absolute Gasteiger partial charge is 0.214 e. The van der Waals surface area contributed by atoms with E-state index in [9.17, 15) is 8.42 Å². The lowest BCUT2D eigenvalue weighted by atomic mass is 10.4. The first kappa shape index (κ1) is 18.8. The average molecular weight is 296 g/mol. The van der Waals surface area contributed by atoms with Gasteiger partial charge in [0.15, 0.2) is 0 Å². The molecule has 0 radical (unpaired) electrons. The molecule has 0 aliphatic carbocycles. The van der Waals surface area contributed by atoms with E-state index in [0.29, 0.717) is 32.7 Å². The molecular weight excluding hydrogens is 268 g/mol. The second kappa shape index (κ2) is 11.6. The number of methoxy groups -OCH3 is 2. The Labute approximate surface area is 117 Å². The van der Waals surface area contributed by atoms with Crippen molar-refractivity contribution in [3.8, 4) is 0 Å². The summed E-state index contributed by atoms with van der Waals surface area (Å²) in [6, 6.07) is 0. The Kier molecular flexibility index (Phi) is 11.5. The van der Waals surface area contributed by atoms with E-state index in [2.05, 4.69) is 12.2 Å². The van der Waals surface area contributed by atoms with E-state index in [1.54, 1.807) is 14.2 Å². The number of ether oxygens (including phenoxy) is 2. The molecular formula is C12H28N2O4S. The van der Waals surface area contributed by atoms with Gasteiger partial charge in [-0.3, -0.25) is 0 Å². The lowest BCUT2D eigenvalue weighted by molar-refractivity contribution is 0.150. The highest BCUT2D eigenvalue weighted by molar-refractivity contribution is 7.89. The lowest BCUT2D eigenvalue weighted by Crippen LogP contribution is -2.38. The van der Waals surface area contributed by atoms with E-state index in [4.69, 9.17) is 9.47 Å². The summed E-state index contributed by atoms with van der Waals surface area (Å²) in [4.78, 5) is 0. The van der Waals surface area contributed by atoms with Crippen molar-refractivity contribution in [3.63, 3.8) is 0 Å². The molecule has 0 heterocycles. The molecule has 0 aromatic rings. The predicted octanol–water partition coefficient (Wildman–Crippen LogP) is 0.301. The number of rotatable bonds is 13. The van der Waals surface area contributed by atoms with Crippen LogP contribution in [0.15, 0.2) is 0 Å². The monoisotopic (exact) mass is 296 g/mol. The van der Waals surface area contributed by atoms with Gasteiger partial charge < -0.3 is 14.8 Å². The minimum absolute atomic E-state index is 0.164. The summed E-state index contributed by atoms with van der Waals surface area (Å²) in [7, 11) is -0.0902. The Bertz CT molecular complexity index is 288.